The predicted molar refractivity (Wildman–Crippen MR) is 77.7 cm³/mol. The fraction of sp³-hybridized carbons (Fsp3) is 0.500. The minimum Gasteiger partial charge on any atom is -0.340 e. The number of benzene rings is 1. The van der Waals surface area contributed by atoms with Gasteiger partial charge in [-0.3, -0.25) is 4.79 Å². The van der Waals surface area contributed by atoms with Gasteiger partial charge >= 0.3 is 0 Å². The molecule has 0 saturated carbocycles. The molecule has 0 bridgehead atoms. The molecule has 1 unspecified atom stereocenters. The summed E-state index contributed by atoms with van der Waals surface area (Å²) >= 11 is 0. The van der Waals surface area contributed by atoms with Crippen molar-refractivity contribution in [2.45, 2.75) is 33.4 Å². The molecule has 102 valence electrons. The van der Waals surface area contributed by atoms with Crippen LogP contribution in [0.3, 0.4) is 0 Å². The Hall–Kier alpha value is -1.06. The molecule has 0 saturated heterocycles. The van der Waals surface area contributed by atoms with Gasteiger partial charge in [0.2, 0.25) is 5.91 Å². The van der Waals surface area contributed by atoms with Crippen LogP contribution in [0, 0.1) is 12.8 Å². The Kier molecular flexibility index (Phi) is 6.96. The molecular formula is C14H23ClN2O. The lowest BCUT2D eigenvalue weighted by Crippen LogP contribution is -2.44. The van der Waals surface area contributed by atoms with Crippen molar-refractivity contribution in [2.75, 3.05) is 7.05 Å². The third-order valence-corrected chi connectivity index (χ3v) is 2.88. The van der Waals surface area contributed by atoms with Gasteiger partial charge in [-0.1, -0.05) is 43.7 Å². The van der Waals surface area contributed by atoms with Crippen LogP contribution < -0.4 is 5.73 Å². The Balaban J connectivity index is 0.00000289. The van der Waals surface area contributed by atoms with Crippen molar-refractivity contribution in [3.63, 3.8) is 0 Å². The van der Waals surface area contributed by atoms with E-state index >= 15 is 0 Å². The number of hydrogen-bond donors (Lipinski definition) is 1. The summed E-state index contributed by atoms with van der Waals surface area (Å²) in [6.45, 7) is 6.58. The number of amides is 1. The number of nitrogens with zero attached hydrogens (tertiary/aromatic N) is 1. The maximum absolute atomic E-state index is 12.0. The van der Waals surface area contributed by atoms with E-state index in [0.29, 0.717) is 6.54 Å². The largest absolute Gasteiger partial charge is 0.340 e. The van der Waals surface area contributed by atoms with Crippen molar-refractivity contribution in [3.05, 3.63) is 35.4 Å². The number of halogens is 1. The van der Waals surface area contributed by atoms with Crippen molar-refractivity contribution < 1.29 is 4.79 Å². The van der Waals surface area contributed by atoms with Crippen LogP contribution in [-0.2, 0) is 11.3 Å². The first-order chi connectivity index (χ1) is 7.91. The highest BCUT2D eigenvalue weighted by atomic mass is 35.5. The van der Waals surface area contributed by atoms with Gasteiger partial charge in [-0.05, 0) is 18.4 Å². The van der Waals surface area contributed by atoms with E-state index < -0.39 is 6.04 Å². The Morgan fingerprint density at radius 1 is 1.39 bits per heavy atom. The molecule has 0 aliphatic carbocycles. The number of nitrogens with two attached hydrogens (primary N) is 1. The highest BCUT2D eigenvalue weighted by Crippen LogP contribution is 2.09. The predicted octanol–water partition coefficient (Wildman–Crippen LogP) is 2.36. The van der Waals surface area contributed by atoms with E-state index in [-0.39, 0.29) is 24.2 Å². The highest BCUT2D eigenvalue weighted by molar-refractivity contribution is 5.85. The number of rotatable bonds is 4. The summed E-state index contributed by atoms with van der Waals surface area (Å²) in [5.74, 6) is 0.170. The van der Waals surface area contributed by atoms with Crippen molar-refractivity contribution in [1.29, 1.82) is 0 Å². The van der Waals surface area contributed by atoms with E-state index in [1.165, 1.54) is 5.56 Å². The van der Waals surface area contributed by atoms with Gasteiger partial charge in [0.15, 0.2) is 0 Å². The fourth-order valence-corrected chi connectivity index (χ4v) is 1.70. The number of hydrogen-bond acceptors (Lipinski definition) is 2. The molecule has 0 heterocycles. The van der Waals surface area contributed by atoms with E-state index in [2.05, 4.69) is 6.07 Å². The van der Waals surface area contributed by atoms with E-state index in [1.54, 1.807) is 11.9 Å². The summed E-state index contributed by atoms with van der Waals surface area (Å²) in [6, 6.07) is 7.75. The molecule has 0 aliphatic rings. The Morgan fingerprint density at radius 3 is 2.50 bits per heavy atom. The van der Waals surface area contributed by atoms with Crippen molar-refractivity contribution in [1.82, 2.24) is 4.90 Å². The molecule has 3 nitrogen and oxygen atoms in total. The van der Waals surface area contributed by atoms with Gasteiger partial charge in [0.1, 0.15) is 0 Å². The van der Waals surface area contributed by atoms with Crippen molar-refractivity contribution in [3.8, 4) is 0 Å². The normalized spacial score (nSPS) is 11.9. The summed E-state index contributed by atoms with van der Waals surface area (Å²) in [4.78, 5) is 13.7. The van der Waals surface area contributed by atoms with Crippen molar-refractivity contribution in [2.24, 2.45) is 11.7 Å². The second-order valence-electron chi connectivity index (χ2n) is 4.95. The summed E-state index contributed by atoms with van der Waals surface area (Å²) in [6.07, 6.45) is 0. The minimum atomic E-state index is -0.412. The second kappa shape index (κ2) is 7.39. The first-order valence-corrected chi connectivity index (χ1v) is 5.98. The lowest BCUT2D eigenvalue weighted by Gasteiger charge is -2.23. The lowest BCUT2D eigenvalue weighted by molar-refractivity contribution is -0.132. The Bertz CT molecular complexity index is 393. The quantitative estimate of drug-likeness (QED) is 0.913. The zero-order valence-corrected chi connectivity index (χ0v) is 12.3. The molecule has 0 fully saturated rings. The summed E-state index contributed by atoms with van der Waals surface area (Å²) in [5.41, 5.74) is 8.19. The molecule has 0 spiro atoms. The van der Waals surface area contributed by atoms with E-state index in [9.17, 15) is 4.79 Å². The molecule has 0 radical (unpaired) electrons. The molecular weight excluding hydrogens is 248 g/mol. The lowest BCUT2D eigenvalue weighted by atomic mass is 10.0. The molecule has 1 aromatic rings. The summed E-state index contributed by atoms with van der Waals surface area (Å²) < 4.78 is 0. The van der Waals surface area contributed by atoms with E-state index in [4.69, 9.17) is 5.73 Å². The molecule has 1 amide bonds. The monoisotopic (exact) mass is 270 g/mol. The SMILES string of the molecule is Cc1cccc(CN(C)C(=O)C(N)C(C)C)c1.Cl. The summed E-state index contributed by atoms with van der Waals surface area (Å²) in [7, 11) is 1.80. The Morgan fingerprint density at radius 2 is 2.00 bits per heavy atom. The first kappa shape index (κ1) is 16.9. The maximum atomic E-state index is 12.0. The Labute approximate surface area is 116 Å². The fourth-order valence-electron chi connectivity index (χ4n) is 1.70. The number of aryl methyl sites for hydroxylation is 1. The molecule has 2 N–H and O–H groups in total. The second-order valence-corrected chi connectivity index (χ2v) is 4.95. The van der Waals surface area contributed by atoms with E-state index in [1.807, 2.05) is 39.0 Å². The summed E-state index contributed by atoms with van der Waals surface area (Å²) in [5, 5.41) is 0. The highest BCUT2D eigenvalue weighted by Gasteiger charge is 2.20. The molecule has 18 heavy (non-hydrogen) atoms. The van der Waals surface area contributed by atoms with Crippen LogP contribution in [0.5, 0.6) is 0 Å². The zero-order chi connectivity index (χ0) is 13.0. The maximum Gasteiger partial charge on any atom is 0.239 e. The van der Waals surface area contributed by atoms with Crippen LogP contribution in [0.2, 0.25) is 0 Å². The number of carbonyl (C=O) groups is 1. The molecule has 1 aromatic carbocycles. The van der Waals surface area contributed by atoms with Crippen LogP contribution >= 0.6 is 12.4 Å². The molecule has 0 aliphatic heterocycles. The van der Waals surface area contributed by atoms with Gasteiger partial charge in [-0.2, -0.15) is 0 Å². The van der Waals surface area contributed by atoms with Gasteiger partial charge in [0, 0.05) is 13.6 Å². The van der Waals surface area contributed by atoms with E-state index in [0.717, 1.165) is 5.56 Å². The zero-order valence-electron chi connectivity index (χ0n) is 11.5. The molecule has 4 heteroatoms. The third-order valence-electron chi connectivity index (χ3n) is 2.88. The third kappa shape index (κ3) is 4.67. The van der Waals surface area contributed by atoms with Gasteiger partial charge < -0.3 is 10.6 Å². The number of carbonyl (C=O) groups excluding carboxylic acids is 1. The average Bonchev–Trinajstić information content (AvgIpc) is 2.26. The van der Waals surface area contributed by atoms with Gasteiger partial charge in [-0.25, -0.2) is 0 Å². The standard InChI is InChI=1S/C14H22N2O.ClH/c1-10(2)13(15)14(17)16(4)9-12-7-5-6-11(3)8-12;/h5-8,10,13H,9,15H2,1-4H3;1H. The number of likely N-dealkylation sites (N-methyl/N-ethyl adjacent to an activating group) is 1. The minimum absolute atomic E-state index is 0. The molecule has 1 atom stereocenters. The van der Waals surface area contributed by atoms with Gasteiger partial charge in [-0.15, -0.1) is 12.4 Å². The van der Waals surface area contributed by atoms with Crippen molar-refractivity contribution >= 4 is 18.3 Å². The first-order valence-electron chi connectivity index (χ1n) is 5.98. The van der Waals surface area contributed by atoms with Gasteiger partial charge in [0.05, 0.1) is 6.04 Å². The van der Waals surface area contributed by atoms with Crippen LogP contribution in [-0.4, -0.2) is 23.9 Å². The van der Waals surface area contributed by atoms with Crippen LogP contribution in [0.4, 0.5) is 0 Å². The molecule has 0 aromatic heterocycles. The van der Waals surface area contributed by atoms with Crippen LogP contribution in [0.25, 0.3) is 0 Å². The van der Waals surface area contributed by atoms with Gasteiger partial charge in [0.25, 0.3) is 0 Å². The van der Waals surface area contributed by atoms with Crippen LogP contribution in [0.15, 0.2) is 24.3 Å². The topological polar surface area (TPSA) is 46.3 Å². The smallest absolute Gasteiger partial charge is 0.239 e. The average molecular weight is 271 g/mol. The molecule has 1 rings (SSSR count). The van der Waals surface area contributed by atoms with Crippen LogP contribution in [0.1, 0.15) is 25.0 Å².